The number of thiophene rings is 1. The maximum Gasteiger partial charge on any atom is 0.225 e. The molecule has 134 valence electrons. The lowest BCUT2D eigenvalue weighted by Gasteiger charge is -2.18. The SMILES string of the molecule is O=C(Cc1cccs1)NCC(c1cccnc1)S(=O)(=O)c1ccccc1. The molecule has 1 atom stereocenters. The van der Waals surface area contributed by atoms with Gasteiger partial charge in [0.25, 0.3) is 0 Å². The maximum absolute atomic E-state index is 13.1. The zero-order chi connectivity index (χ0) is 18.4. The van der Waals surface area contributed by atoms with E-state index in [9.17, 15) is 13.2 Å². The van der Waals surface area contributed by atoms with Gasteiger partial charge in [0, 0.05) is 23.8 Å². The van der Waals surface area contributed by atoms with Crippen LogP contribution in [0.5, 0.6) is 0 Å². The van der Waals surface area contributed by atoms with Crippen LogP contribution >= 0.6 is 11.3 Å². The van der Waals surface area contributed by atoms with Gasteiger partial charge in [-0.3, -0.25) is 9.78 Å². The Balaban J connectivity index is 1.82. The van der Waals surface area contributed by atoms with Crippen molar-refractivity contribution in [1.82, 2.24) is 10.3 Å². The molecule has 3 rings (SSSR count). The summed E-state index contributed by atoms with van der Waals surface area (Å²) in [5.41, 5.74) is 0.549. The number of sulfone groups is 1. The minimum Gasteiger partial charge on any atom is -0.354 e. The van der Waals surface area contributed by atoms with Crippen molar-refractivity contribution < 1.29 is 13.2 Å². The molecule has 0 fully saturated rings. The van der Waals surface area contributed by atoms with E-state index in [1.54, 1.807) is 48.7 Å². The topological polar surface area (TPSA) is 76.1 Å². The molecule has 0 aliphatic heterocycles. The van der Waals surface area contributed by atoms with Gasteiger partial charge in [0.15, 0.2) is 9.84 Å². The van der Waals surface area contributed by atoms with Gasteiger partial charge in [0.2, 0.25) is 5.91 Å². The number of hydrogen-bond acceptors (Lipinski definition) is 5. The molecule has 0 saturated carbocycles. The number of carbonyl (C=O) groups excluding carboxylic acids is 1. The molecule has 1 aromatic carbocycles. The van der Waals surface area contributed by atoms with Crippen molar-refractivity contribution in [3.05, 3.63) is 82.8 Å². The summed E-state index contributed by atoms with van der Waals surface area (Å²) in [6.45, 7) is -0.00682. The Morgan fingerprint density at radius 3 is 2.54 bits per heavy atom. The standard InChI is InChI=1S/C19H18N2O3S2/c22-19(12-16-7-5-11-25-16)21-14-18(15-6-4-10-20-13-15)26(23,24)17-8-2-1-3-9-17/h1-11,13,18H,12,14H2,(H,21,22). The molecule has 1 N–H and O–H groups in total. The van der Waals surface area contributed by atoms with E-state index in [4.69, 9.17) is 0 Å². The summed E-state index contributed by atoms with van der Waals surface area (Å²) in [4.78, 5) is 17.4. The van der Waals surface area contributed by atoms with Gasteiger partial charge in [-0.1, -0.05) is 30.3 Å². The number of rotatable bonds is 7. The summed E-state index contributed by atoms with van der Waals surface area (Å²) in [5, 5.41) is 3.76. The second-order valence-electron chi connectivity index (χ2n) is 5.69. The number of pyridine rings is 1. The smallest absolute Gasteiger partial charge is 0.225 e. The van der Waals surface area contributed by atoms with E-state index in [1.807, 2.05) is 17.5 Å². The van der Waals surface area contributed by atoms with Crippen molar-refractivity contribution in [2.75, 3.05) is 6.54 Å². The average Bonchev–Trinajstić information content (AvgIpc) is 3.16. The van der Waals surface area contributed by atoms with Gasteiger partial charge in [0.05, 0.1) is 11.3 Å². The van der Waals surface area contributed by atoms with Crippen LogP contribution in [-0.4, -0.2) is 25.9 Å². The Morgan fingerprint density at radius 2 is 1.88 bits per heavy atom. The molecule has 0 bridgehead atoms. The molecular weight excluding hydrogens is 368 g/mol. The van der Waals surface area contributed by atoms with E-state index in [0.29, 0.717) is 5.56 Å². The minimum absolute atomic E-state index is 0.00682. The Labute approximate surface area is 156 Å². The zero-order valence-corrected chi connectivity index (χ0v) is 15.5. The fourth-order valence-corrected chi connectivity index (χ4v) is 4.96. The van der Waals surface area contributed by atoms with Gasteiger partial charge in [0.1, 0.15) is 5.25 Å². The van der Waals surface area contributed by atoms with Gasteiger partial charge >= 0.3 is 0 Å². The number of hydrogen-bond donors (Lipinski definition) is 1. The molecule has 1 amide bonds. The van der Waals surface area contributed by atoms with Crippen molar-refractivity contribution in [2.24, 2.45) is 0 Å². The Morgan fingerprint density at radius 1 is 1.08 bits per heavy atom. The van der Waals surface area contributed by atoms with Crippen molar-refractivity contribution >= 4 is 27.1 Å². The number of nitrogens with one attached hydrogen (secondary N) is 1. The van der Waals surface area contributed by atoms with E-state index in [-0.39, 0.29) is 23.8 Å². The van der Waals surface area contributed by atoms with Gasteiger partial charge in [-0.25, -0.2) is 8.42 Å². The van der Waals surface area contributed by atoms with Crippen LogP contribution in [0, 0.1) is 0 Å². The molecule has 0 spiro atoms. The lowest BCUT2D eigenvalue weighted by molar-refractivity contribution is -0.120. The molecule has 0 aliphatic rings. The molecule has 2 heterocycles. The van der Waals surface area contributed by atoms with E-state index < -0.39 is 15.1 Å². The molecule has 2 aromatic heterocycles. The molecule has 7 heteroatoms. The first-order valence-corrected chi connectivity index (χ1v) is 10.5. The summed E-state index contributed by atoms with van der Waals surface area (Å²) in [6.07, 6.45) is 3.35. The number of nitrogens with zero attached hydrogens (tertiary/aromatic N) is 1. The van der Waals surface area contributed by atoms with Crippen LogP contribution in [-0.2, 0) is 21.1 Å². The van der Waals surface area contributed by atoms with Crippen molar-refractivity contribution in [2.45, 2.75) is 16.6 Å². The predicted molar refractivity (Wildman–Crippen MR) is 102 cm³/mol. The summed E-state index contributed by atoms with van der Waals surface area (Å²) in [7, 11) is -3.66. The molecule has 0 radical (unpaired) electrons. The van der Waals surface area contributed by atoms with Gasteiger partial charge in [-0.15, -0.1) is 11.3 Å². The first kappa shape index (κ1) is 18.3. The Kier molecular flexibility index (Phi) is 5.80. The maximum atomic E-state index is 13.1. The largest absolute Gasteiger partial charge is 0.354 e. The highest BCUT2D eigenvalue weighted by molar-refractivity contribution is 7.91. The minimum atomic E-state index is -3.66. The van der Waals surface area contributed by atoms with E-state index in [0.717, 1.165) is 4.88 Å². The highest BCUT2D eigenvalue weighted by Crippen LogP contribution is 2.28. The number of benzene rings is 1. The molecule has 5 nitrogen and oxygen atoms in total. The molecule has 0 saturated heterocycles. The van der Waals surface area contributed by atoms with Crippen LogP contribution in [0.2, 0.25) is 0 Å². The average molecular weight is 386 g/mol. The van der Waals surface area contributed by atoms with E-state index >= 15 is 0 Å². The zero-order valence-electron chi connectivity index (χ0n) is 13.9. The van der Waals surface area contributed by atoms with Crippen LogP contribution in [0.1, 0.15) is 15.7 Å². The molecular formula is C19H18N2O3S2. The highest BCUT2D eigenvalue weighted by Gasteiger charge is 2.29. The molecule has 3 aromatic rings. The fourth-order valence-electron chi connectivity index (χ4n) is 2.59. The summed E-state index contributed by atoms with van der Waals surface area (Å²) < 4.78 is 26.2. The number of aromatic nitrogens is 1. The van der Waals surface area contributed by atoms with Crippen LogP contribution < -0.4 is 5.32 Å². The normalized spacial score (nSPS) is 12.5. The van der Waals surface area contributed by atoms with Crippen LogP contribution in [0.3, 0.4) is 0 Å². The van der Waals surface area contributed by atoms with Crippen molar-refractivity contribution in [3.8, 4) is 0 Å². The van der Waals surface area contributed by atoms with E-state index in [1.165, 1.54) is 17.5 Å². The molecule has 1 unspecified atom stereocenters. The summed E-state index contributed by atoms with van der Waals surface area (Å²) >= 11 is 1.50. The lowest BCUT2D eigenvalue weighted by atomic mass is 10.2. The third-order valence-electron chi connectivity index (χ3n) is 3.90. The van der Waals surface area contributed by atoms with Gasteiger partial charge in [-0.2, -0.15) is 0 Å². The second kappa shape index (κ2) is 8.25. The van der Waals surface area contributed by atoms with Crippen molar-refractivity contribution in [3.63, 3.8) is 0 Å². The van der Waals surface area contributed by atoms with Crippen LogP contribution in [0.15, 0.2) is 77.3 Å². The molecule has 0 aliphatic carbocycles. The van der Waals surface area contributed by atoms with Crippen molar-refractivity contribution in [1.29, 1.82) is 0 Å². The first-order chi connectivity index (χ1) is 12.6. The number of amides is 1. The first-order valence-electron chi connectivity index (χ1n) is 8.05. The molecule has 26 heavy (non-hydrogen) atoms. The lowest BCUT2D eigenvalue weighted by Crippen LogP contribution is -2.32. The van der Waals surface area contributed by atoms with E-state index in [2.05, 4.69) is 10.3 Å². The highest BCUT2D eigenvalue weighted by atomic mass is 32.2. The third kappa shape index (κ3) is 4.36. The van der Waals surface area contributed by atoms with Gasteiger partial charge < -0.3 is 5.32 Å². The van der Waals surface area contributed by atoms with Gasteiger partial charge in [-0.05, 0) is 35.2 Å². The summed E-state index contributed by atoms with van der Waals surface area (Å²) in [5.74, 6) is -0.204. The second-order valence-corrected chi connectivity index (χ2v) is 8.86. The van der Waals surface area contributed by atoms with Crippen LogP contribution in [0.4, 0.5) is 0 Å². The third-order valence-corrected chi connectivity index (χ3v) is 6.90. The quantitative estimate of drug-likeness (QED) is 0.677. The predicted octanol–water partition coefficient (Wildman–Crippen LogP) is 3.02. The Hall–Kier alpha value is -2.51. The fraction of sp³-hybridized carbons (Fsp3) is 0.158. The summed E-state index contributed by atoms with van der Waals surface area (Å²) in [6, 6.07) is 15.4. The van der Waals surface area contributed by atoms with Crippen LogP contribution in [0.25, 0.3) is 0 Å². The Bertz CT molecular complexity index is 941. The number of carbonyl (C=O) groups is 1. The monoisotopic (exact) mass is 386 g/mol.